The minimum Gasteiger partial charge on any atom is -0.352 e. The predicted molar refractivity (Wildman–Crippen MR) is 138 cm³/mol. The molecule has 0 aliphatic heterocycles. The van der Waals surface area contributed by atoms with Crippen LogP contribution in [0.25, 0.3) is 0 Å². The summed E-state index contributed by atoms with van der Waals surface area (Å²) in [4.78, 5) is 27.7. The predicted octanol–water partition coefficient (Wildman–Crippen LogP) is 4.40. The van der Waals surface area contributed by atoms with Crippen LogP contribution in [-0.4, -0.2) is 50.0 Å². The second kappa shape index (κ2) is 11.9. The molecule has 186 valence electrons. The summed E-state index contributed by atoms with van der Waals surface area (Å²) in [6, 6.07) is 10.9. The molecule has 0 saturated heterocycles. The van der Waals surface area contributed by atoms with E-state index in [1.54, 1.807) is 43.3 Å². The molecule has 10 heteroatoms. The quantitative estimate of drug-likeness (QED) is 0.495. The van der Waals surface area contributed by atoms with Gasteiger partial charge in [-0.1, -0.05) is 48.3 Å². The highest BCUT2D eigenvalue weighted by Crippen LogP contribution is 2.24. The number of hydrogen-bond donors (Lipinski definition) is 1. The Hall–Kier alpha value is -2.29. The van der Waals surface area contributed by atoms with Crippen molar-refractivity contribution >= 4 is 50.7 Å². The van der Waals surface area contributed by atoms with Crippen LogP contribution in [-0.2, 0) is 26.2 Å². The lowest BCUT2D eigenvalue weighted by molar-refractivity contribution is -0.139. The van der Waals surface area contributed by atoms with Gasteiger partial charge in [-0.25, -0.2) is 8.42 Å². The lowest BCUT2D eigenvalue weighted by Gasteiger charge is -2.32. The number of carbonyl (C=O) groups is 2. The number of carbonyl (C=O) groups excluding carboxylic acids is 2. The van der Waals surface area contributed by atoms with Gasteiger partial charge in [-0.15, -0.1) is 0 Å². The summed E-state index contributed by atoms with van der Waals surface area (Å²) < 4.78 is 26.2. The number of sulfonamides is 1. The van der Waals surface area contributed by atoms with Gasteiger partial charge in [-0.2, -0.15) is 0 Å². The maximum Gasteiger partial charge on any atom is 0.244 e. The highest BCUT2D eigenvalue weighted by Gasteiger charge is 2.30. The fourth-order valence-corrected chi connectivity index (χ4v) is 4.44. The Morgan fingerprint density at radius 1 is 1.06 bits per heavy atom. The largest absolute Gasteiger partial charge is 0.352 e. The van der Waals surface area contributed by atoms with Crippen LogP contribution in [0.15, 0.2) is 42.5 Å². The van der Waals surface area contributed by atoms with E-state index in [4.69, 9.17) is 23.2 Å². The third kappa shape index (κ3) is 7.61. The Morgan fingerprint density at radius 3 is 2.29 bits per heavy atom. The molecule has 0 aliphatic rings. The number of benzene rings is 2. The molecule has 34 heavy (non-hydrogen) atoms. The van der Waals surface area contributed by atoms with Crippen LogP contribution < -0.4 is 9.62 Å². The maximum absolute atomic E-state index is 13.5. The fraction of sp³-hybridized carbons (Fsp3) is 0.417. The molecule has 2 amide bonds. The van der Waals surface area contributed by atoms with Crippen molar-refractivity contribution in [3.63, 3.8) is 0 Å². The van der Waals surface area contributed by atoms with Gasteiger partial charge in [0.15, 0.2) is 0 Å². The number of nitrogens with one attached hydrogen (secondary N) is 1. The lowest BCUT2D eigenvalue weighted by atomic mass is 10.1. The van der Waals surface area contributed by atoms with E-state index < -0.39 is 28.5 Å². The molecule has 0 aromatic heterocycles. The molecule has 2 aromatic carbocycles. The van der Waals surface area contributed by atoms with Crippen molar-refractivity contribution in [3.05, 3.63) is 63.6 Å². The summed E-state index contributed by atoms with van der Waals surface area (Å²) in [6.07, 6.45) is 1.78. The first-order valence-electron chi connectivity index (χ1n) is 10.9. The number of rotatable bonds is 10. The van der Waals surface area contributed by atoms with Crippen LogP contribution in [0.3, 0.4) is 0 Å². The van der Waals surface area contributed by atoms with Crippen LogP contribution in [0.4, 0.5) is 5.69 Å². The lowest BCUT2D eigenvalue weighted by Crippen LogP contribution is -2.52. The maximum atomic E-state index is 13.5. The third-order valence-electron chi connectivity index (χ3n) is 5.47. The number of hydrogen-bond acceptors (Lipinski definition) is 4. The molecule has 0 bridgehead atoms. The minimum atomic E-state index is -3.77. The van der Waals surface area contributed by atoms with Gasteiger partial charge in [-0.05, 0) is 62.6 Å². The van der Waals surface area contributed by atoms with Crippen LogP contribution in [0.1, 0.15) is 38.3 Å². The third-order valence-corrected chi connectivity index (χ3v) is 7.35. The van der Waals surface area contributed by atoms with E-state index in [0.29, 0.717) is 21.3 Å². The number of halogens is 2. The Morgan fingerprint density at radius 2 is 1.74 bits per heavy atom. The molecule has 2 aromatic rings. The zero-order chi connectivity index (χ0) is 25.6. The number of aryl methyl sites for hydroxylation is 1. The summed E-state index contributed by atoms with van der Waals surface area (Å²) >= 11 is 12.2. The molecule has 2 atom stereocenters. The van der Waals surface area contributed by atoms with Gasteiger partial charge in [0.05, 0.1) is 22.0 Å². The molecule has 0 radical (unpaired) electrons. The van der Waals surface area contributed by atoms with E-state index in [1.807, 2.05) is 26.8 Å². The second-order valence-electron chi connectivity index (χ2n) is 8.37. The summed E-state index contributed by atoms with van der Waals surface area (Å²) in [6.45, 7) is 6.87. The molecular weight excluding hydrogens is 497 g/mol. The first-order valence-corrected chi connectivity index (χ1v) is 13.5. The number of nitrogens with zero attached hydrogens (tertiary/aromatic N) is 2. The second-order valence-corrected chi connectivity index (χ2v) is 11.1. The molecule has 0 unspecified atom stereocenters. The van der Waals surface area contributed by atoms with Crippen molar-refractivity contribution in [1.29, 1.82) is 0 Å². The summed E-state index contributed by atoms with van der Waals surface area (Å²) in [5.74, 6) is -0.853. The number of anilines is 1. The average Bonchev–Trinajstić information content (AvgIpc) is 2.76. The van der Waals surface area contributed by atoms with Crippen molar-refractivity contribution in [2.45, 2.75) is 52.7 Å². The Balaban J connectivity index is 2.41. The van der Waals surface area contributed by atoms with Gasteiger partial charge < -0.3 is 10.2 Å². The summed E-state index contributed by atoms with van der Waals surface area (Å²) in [5, 5.41) is 3.57. The molecule has 2 rings (SSSR count). The average molecular weight is 529 g/mol. The molecule has 0 spiro atoms. The van der Waals surface area contributed by atoms with E-state index in [0.717, 1.165) is 22.5 Å². The van der Waals surface area contributed by atoms with Crippen molar-refractivity contribution in [2.75, 3.05) is 17.1 Å². The van der Waals surface area contributed by atoms with E-state index in [1.165, 1.54) is 4.90 Å². The van der Waals surface area contributed by atoms with Crippen molar-refractivity contribution < 1.29 is 18.0 Å². The highest BCUT2D eigenvalue weighted by molar-refractivity contribution is 7.92. The first-order chi connectivity index (χ1) is 15.8. The first kappa shape index (κ1) is 28.0. The molecule has 1 N–H and O–H groups in total. The van der Waals surface area contributed by atoms with Gasteiger partial charge in [0.2, 0.25) is 21.8 Å². The van der Waals surface area contributed by atoms with Crippen LogP contribution in [0.5, 0.6) is 0 Å². The zero-order valence-corrected chi connectivity index (χ0v) is 22.3. The smallest absolute Gasteiger partial charge is 0.244 e. The van der Waals surface area contributed by atoms with Gasteiger partial charge in [0.1, 0.15) is 12.6 Å². The molecular formula is C24H31Cl2N3O4S. The van der Waals surface area contributed by atoms with Crippen LogP contribution in [0.2, 0.25) is 10.0 Å². The van der Waals surface area contributed by atoms with Crippen LogP contribution in [0, 0.1) is 6.92 Å². The standard InChI is InChI=1S/C24H31Cl2N3O4S/c1-6-17(3)27-24(31)18(4)28(14-19-10-11-21(25)22(26)13-19)23(30)15-29(34(5,32)33)20-9-7-8-16(2)12-20/h7-13,17-18H,6,14-15H2,1-5H3,(H,27,31)/t17-,18+/m0/s1. The van der Waals surface area contributed by atoms with Crippen molar-refractivity contribution in [1.82, 2.24) is 10.2 Å². The fourth-order valence-electron chi connectivity index (χ4n) is 3.28. The Kier molecular flexibility index (Phi) is 9.79. The SMILES string of the molecule is CC[C@H](C)NC(=O)[C@@H](C)N(Cc1ccc(Cl)c(Cl)c1)C(=O)CN(c1cccc(C)c1)S(C)(=O)=O. The van der Waals surface area contributed by atoms with Gasteiger partial charge in [-0.3, -0.25) is 13.9 Å². The van der Waals surface area contributed by atoms with Crippen molar-refractivity contribution in [3.8, 4) is 0 Å². The molecule has 7 nitrogen and oxygen atoms in total. The van der Waals surface area contributed by atoms with Crippen molar-refractivity contribution in [2.24, 2.45) is 0 Å². The Bertz CT molecular complexity index is 1140. The molecule has 0 heterocycles. The summed E-state index contributed by atoms with van der Waals surface area (Å²) in [7, 11) is -3.77. The zero-order valence-electron chi connectivity index (χ0n) is 20.0. The minimum absolute atomic E-state index is 0.0518. The van der Waals surface area contributed by atoms with E-state index >= 15 is 0 Å². The van der Waals surface area contributed by atoms with E-state index in [9.17, 15) is 18.0 Å². The number of amides is 2. The van der Waals surface area contributed by atoms with Gasteiger partial charge in [0, 0.05) is 12.6 Å². The van der Waals surface area contributed by atoms with E-state index in [-0.39, 0.29) is 18.5 Å². The molecule has 0 saturated carbocycles. The Labute approximate surface area is 212 Å². The normalized spacial score (nSPS) is 13.1. The highest BCUT2D eigenvalue weighted by atomic mass is 35.5. The van der Waals surface area contributed by atoms with Gasteiger partial charge in [0.25, 0.3) is 0 Å². The molecule has 0 aliphatic carbocycles. The monoisotopic (exact) mass is 527 g/mol. The van der Waals surface area contributed by atoms with Crippen LogP contribution >= 0.6 is 23.2 Å². The topological polar surface area (TPSA) is 86.8 Å². The van der Waals surface area contributed by atoms with E-state index in [2.05, 4.69) is 5.32 Å². The summed E-state index contributed by atoms with van der Waals surface area (Å²) in [5.41, 5.74) is 1.89. The van der Waals surface area contributed by atoms with Gasteiger partial charge >= 0.3 is 0 Å². The molecule has 0 fully saturated rings.